The highest BCUT2D eigenvalue weighted by Gasteiger charge is 2.22. The normalized spacial score (nSPS) is 21.5. The van der Waals surface area contributed by atoms with Crippen LogP contribution in [0.3, 0.4) is 0 Å². The van der Waals surface area contributed by atoms with E-state index in [0.717, 1.165) is 38.8 Å². The summed E-state index contributed by atoms with van der Waals surface area (Å²) < 4.78 is 0. The zero-order chi connectivity index (χ0) is 11.8. The van der Waals surface area contributed by atoms with Crippen LogP contribution < -0.4 is 21.9 Å². The first-order valence-corrected chi connectivity index (χ1v) is 5.83. The number of aliphatic imine (C=N–C) groups is 1. The number of rotatable bonds is 4. The fourth-order valence-electron chi connectivity index (χ4n) is 1.56. The van der Waals surface area contributed by atoms with Crippen LogP contribution in [0.25, 0.3) is 0 Å². The van der Waals surface area contributed by atoms with Crippen LogP contribution >= 0.6 is 0 Å². The van der Waals surface area contributed by atoms with Gasteiger partial charge in [0.05, 0.1) is 0 Å². The van der Waals surface area contributed by atoms with E-state index in [1.54, 1.807) is 0 Å². The average Bonchev–Trinajstić information content (AvgIpc) is 2.30. The number of amides is 1. The van der Waals surface area contributed by atoms with Gasteiger partial charge in [-0.2, -0.15) is 0 Å². The van der Waals surface area contributed by atoms with Gasteiger partial charge in [-0.3, -0.25) is 15.2 Å². The van der Waals surface area contributed by atoms with Crippen LogP contribution in [0, 0.1) is 0 Å². The van der Waals surface area contributed by atoms with Gasteiger partial charge in [0.25, 0.3) is 0 Å². The number of guanidine groups is 1. The van der Waals surface area contributed by atoms with Crippen LogP contribution in [0.2, 0.25) is 0 Å². The minimum absolute atomic E-state index is 0.0182. The van der Waals surface area contributed by atoms with E-state index in [2.05, 4.69) is 28.0 Å². The molecule has 0 aliphatic carbocycles. The predicted octanol–water partition coefficient (Wildman–Crippen LogP) is -0.526. The molecular weight excluding hydrogens is 206 g/mol. The van der Waals surface area contributed by atoms with E-state index < -0.39 is 0 Å². The van der Waals surface area contributed by atoms with Gasteiger partial charge in [-0.1, -0.05) is 13.3 Å². The smallest absolute Gasteiger partial charge is 0.242 e. The Labute approximate surface area is 96.0 Å². The van der Waals surface area contributed by atoms with Gasteiger partial charge in [-0.25, -0.2) is 5.84 Å². The molecule has 1 unspecified atom stereocenters. The maximum absolute atomic E-state index is 11.5. The third-order valence-electron chi connectivity index (χ3n) is 2.51. The molecule has 6 heteroatoms. The second-order valence-electron chi connectivity index (χ2n) is 3.86. The lowest BCUT2D eigenvalue weighted by atomic mass is 10.1. The Hall–Kier alpha value is -1.30. The van der Waals surface area contributed by atoms with E-state index in [9.17, 15) is 4.79 Å². The number of unbranched alkanes of at least 4 members (excludes halogenated alkanes) is 1. The van der Waals surface area contributed by atoms with Crippen LogP contribution in [0.1, 0.15) is 32.6 Å². The van der Waals surface area contributed by atoms with Gasteiger partial charge in [-0.15, -0.1) is 0 Å². The molecule has 92 valence electrons. The van der Waals surface area contributed by atoms with Crippen molar-refractivity contribution in [2.24, 2.45) is 10.8 Å². The van der Waals surface area contributed by atoms with Crippen molar-refractivity contribution in [1.29, 1.82) is 0 Å². The van der Waals surface area contributed by atoms with Crippen molar-refractivity contribution in [3.8, 4) is 0 Å². The number of hydrogen-bond acceptors (Lipinski definition) is 3. The lowest BCUT2D eigenvalue weighted by molar-refractivity contribution is -0.124. The van der Waals surface area contributed by atoms with Crippen LogP contribution in [0.4, 0.5) is 0 Å². The second kappa shape index (κ2) is 7.05. The Kier molecular flexibility index (Phi) is 5.63. The zero-order valence-electron chi connectivity index (χ0n) is 9.75. The molecule has 0 saturated carbocycles. The van der Waals surface area contributed by atoms with Crippen molar-refractivity contribution in [2.75, 3.05) is 13.1 Å². The molecule has 1 heterocycles. The molecule has 0 aromatic heterocycles. The van der Waals surface area contributed by atoms with E-state index in [-0.39, 0.29) is 11.9 Å². The minimum atomic E-state index is -0.217. The number of nitrogens with two attached hydrogens (primary N) is 1. The van der Waals surface area contributed by atoms with Gasteiger partial charge in [-0.05, 0) is 19.3 Å². The first kappa shape index (κ1) is 12.8. The largest absolute Gasteiger partial charge is 0.354 e. The minimum Gasteiger partial charge on any atom is -0.354 e. The van der Waals surface area contributed by atoms with Crippen molar-refractivity contribution in [1.82, 2.24) is 16.1 Å². The van der Waals surface area contributed by atoms with Gasteiger partial charge >= 0.3 is 0 Å². The summed E-state index contributed by atoms with van der Waals surface area (Å²) in [4.78, 5) is 15.7. The van der Waals surface area contributed by atoms with E-state index in [0.29, 0.717) is 5.96 Å². The van der Waals surface area contributed by atoms with Crippen molar-refractivity contribution in [3.05, 3.63) is 0 Å². The molecule has 0 aromatic carbocycles. The summed E-state index contributed by atoms with van der Waals surface area (Å²) in [5.74, 6) is 5.86. The average molecular weight is 227 g/mol. The zero-order valence-corrected chi connectivity index (χ0v) is 9.75. The molecule has 1 aliphatic rings. The molecule has 1 rings (SSSR count). The molecule has 1 fully saturated rings. The van der Waals surface area contributed by atoms with Crippen molar-refractivity contribution in [2.45, 2.75) is 38.6 Å². The Bertz CT molecular complexity index is 254. The molecule has 5 N–H and O–H groups in total. The van der Waals surface area contributed by atoms with Crippen molar-refractivity contribution < 1.29 is 4.79 Å². The summed E-state index contributed by atoms with van der Waals surface area (Å²) >= 11 is 0. The fourth-order valence-corrected chi connectivity index (χ4v) is 1.56. The molecule has 1 amide bonds. The number of piperidine rings is 1. The van der Waals surface area contributed by atoms with Gasteiger partial charge in [0, 0.05) is 13.1 Å². The molecular formula is C10H21N5O. The summed E-state index contributed by atoms with van der Waals surface area (Å²) in [5.41, 5.74) is 2.49. The van der Waals surface area contributed by atoms with Crippen LogP contribution in [0.5, 0.6) is 0 Å². The van der Waals surface area contributed by atoms with Crippen LogP contribution in [-0.2, 0) is 4.79 Å². The molecule has 16 heavy (non-hydrogen) atoms. The topological polar surface area (TPSA) is 91.5 Å². The van der Waals surface area contributed by atoms with E-state index in [1.165, 1.54) is 0 Å². The van der Waals surface area contributed by atoms with E-state index in [4.69, 9.17) is 5.84 Å². The highest BCUT2D eigenvalue weighted by Crippen LogP contribution is 2.02. The Morgan fingerprint density at radius 1 is 1.69 bits per heavy atom. The van der Waals surface area contributed by atoms with Crippen molar-refractivity contribution >= 4 is 11.9 Å². The SMILES string of the molecule is CCCCN=C(NN)NC1CCCNC1=O. The molecule has 0 bridgehead atoms. The Morgan fingerprint density at radius 3 is 3.12 bits per heavy atom. The molecule has 1 saturated heterocycles. The Morgan fingerprint density at radius 2 is 2.50 bits per heavy atom. The lowest BCUT2D eigenvalue weighted by Crippen LogP contribution is -2.54. The summed E-state index contributed by atoms with van der Waals surface area (Å²) in [7, 11) is 0. The third-order valence-corrected chi connectivity index (χ3v) is 2.51. The quantitative estimate of drug-likeness (QED) is 0.171. The van der Waals surface area contributed by atoms with Crippen molar-refractivity contribution in [3.63, 3.8) is 0 Å². The number of carbonyl (C=O) groups excluding carboxylic acids is 1. The second-order valence-corrected chi connectivity index (χ2v) is 3.86. The maximum atomic E-state index is 11.5. The standard InChI is InChI=1S/C10H21N5O/c1-2-3-6-13-10(15-11)14-8-5-4-7-12-9(8)16/h8H,2-7,11H2,1H3,(H,12,16)(H2,13,14,15). The summed E-state index contributed by atoms with van der Waals surface area (Å²) in [6, 6.07) is -0.217. The summed E-state index contributed by atoms with van der Waals surface area (Å²) in [6.45, 7) is 3.58. The molecule has 0 radical (unpaired) electrons. The third kappa shape index (κ3) is 4.06. The highest BCUT2D eigenvalue weighted by atomic mass is 16.2. The van der Waals surface area contributed by atoms with Gasteiger partial charge in [0.2, 0.25) is 11.9 Å². The number of nitrogens with zero attached hydrogens (tertiary/aromatic N) is 1. The summed E-state index contributed by atoms with van der Waals surface area (Å²) in [6.07, 6.45) is 3.91. The molecule has 6 nitrogen and oxygen atoms in total. The highest BCUT2D eigenvalue weighted by molar-refractivity contribution is 5.89. The van der Waals surface area contributed by atoms with Crippen LogP contribution in [0.15, 0.2) is 4.99 Å². The predicted molar refractivity (Wildman–Crippen MR) is 63.7 cm³/mol. The number of hydrazine groups is 1. The first-order chi connectivity index (χ1) is 7.77. The first-order valence-electron chi connectivity index (χ1n) is 5.83. The molecule has 0 spiro atoms. The van der Waals surface area contributed by atoms with Gasteiger partial charge in [0.1, 0.15) is 6.04 Å². The van der Waals surface area contributed by atoms with Gasteiger partial charge in [0.15, 0.2) is 0 Å². The van der Waals surface area contributed by atoms with E-state index >= 15 is 0 Å². The van der Waals surface area contributed by atoms with Gasteiger partial charge < -0.3 is 10.6 Å². The molecule has 1 atom stereocenters. The van der Waals surface area contributed by atoms with Crippen LogP contribution in [-0.4, -0.2) is 31.0 Å². The van der Waals surface area contributed by atoms with E-state index in [1.807, 2.05) is 0 Å². The number of carbonyl (C=O) groups is 1. The maximum Gasteiger partial charge on any atom is 0.242 e. The monoisotopic (exact) mass is 227 g/mol. The lowest BCUT2D eigenvalue weighted by Gasteiger charge is -2.24. The summed E-state index contributed by atoms with van der Waals surface area (Å²) in [5, 5.41) is 5.82. The number of hydrogen-bond donors (Lipinski definition) is 4. The number of nitrogens with one attached hydrogen (secondary N) is 3. The fraction of sp³-hybridized carbons (Fsp3) is 0.800. The molecule has 0 aromatic rings. The molecule has 1 aliphatic heterocycles. The Balaban J connectivity index is 2.41.